The van der Waals surface area contributed by atoms with Crippen LogP contribution in [0.4, 0.5) is 0 Å². The Balaban J connectivity index is 2.96. The van der Waals surface area contributed by atoms with Crippen molar-refractivity contribution in [1.82, 2.24) is 9.97 Å². The standard InChI is InChI=1S/C10H16N2/c1-5-10(3,4)9-7-11-8(2)6-12-9/h6-7H,5H2,1-4H3. The molecule has 0 aromatic carbocycles. The van der Waals surface area contributed by atoms with Gasteiger partial charge in [-0.2, -0.15) is 0 Å². The molecule has 0 atom stereocenters. The van der Waals surface area contributed by atoms with E-state index in [-0.39, 0.29) is 5.41 Å². The maximum absolute atomic E-state index is 4.36. The van der Waals surface area contributed by atoms with Crippen LogP contribution in [0.5, 0.6) is 0 Å². The Hall–Kier alpha value is -0.920. The first-order valence-electron chi connectivity index (χ1n) is 4.35. The first-order chi connectivity index (χ1) is 5.56. The summed E-state index contributed by atoms with van der Waals surface area (Å²) < 4.78 is 0. The van der Waals surface area contributed by atoms with Crippen LogP contribution in [0.3, 0.4) is 0 Å². The van der Waals surface area contributed by atoms with Crippen LogP contribution in [0.15, 0.2) is 12.4 Å². The molecule has 0 saturated heterocycles. The van der Waals surface area contributed by atoms with Gasteiger partial charge in [-0.3, -0.25) is 9.97 Å². The largest absolute Gasteiger partial charge is 0.258 e. The molecule has 1 heterocycles. The Morgan fingerprint density at radius 1 is 1.25 bits per heavy atom. The van der Waals surface area contributed by atoms with E-state index in [0.29, 0.717) is 0 Å². The van der Waals surface area contributed by atoms with E-state index in [0.717, 1.165) is 17.8 Å². The first kappa shape index (κ1) is 9.17. The molecule has 0 amide bonds. The van der Waals surface area contributed by atoms with Crippen LogP contribution in [0, 0.1) is 6.92 Å². The minimum atomic E-state index is 0.153. The van der Waals surface area contributed by atoms with E-state index in [2.05, 4.69) is 30.7 Å². The van der Waals surface area contributed by atoms with Crippen LogP contribution in [0.25, 0.3) is 0 Å². The number of rotatable bonds is 2. The van der Waals surface area contributed by atoms with E-state index in [1.54, 1.807) is 0 Å². The topological polar surface area (TPSA) is 25.8 Å². The number of hydrogen-bond donors (Lipinski definition) is 0. The predicted octanol–water partition coefficient (Wildman–Crippen LogP) is 2.47. The van der Waals surface area contributed by atoms with Crippen molar-refractivity contribution in [3.63, 3.8) is 0 Å². The molecule has 0 radical (unpaired) electrons. The Morgan fingerprint density at radius 3 is 2.33 bits per heavy atom. The highest BCUT2D eigenvalue weighted by Crippen LogP contribution is 2.23. The van der Waals surface area contributed by atoms with Gasteiger partial charge in [0.15, 0.2) is 0 Å². The minimum Gasteiger partial charge on any atom is -0.258 e. The van der Waals surface area contributed by atoms with Crippen LogP contribution < -0.4 is 0 Å². The Bertz CT molecular complexity index is 249. The summed E-state index contributed by atoms with van der Waals surface area (Å²) in [5, 5.41) is 0. The SMILES string of the molecule is CCC(C)(C)c1cnc(C)cn1. The van der Waals surface area contributed by atoms with Crippen LogP contribution in [-0.2, 0) is 5.41 Å². The molecule has 0 spiro atoms. The molecular weight excluding hydrogens is 148 g/mol. The fraction of sp³-hybridized carbons (Fsp3) is 0.600. The summed E-state index contributed by atoms with van der Waals surface area (Å²) in [5.41, 5.74) is 2.21. The van der Waals surface area contributed by atoms with Gasteiger partial charge in [-0.1, -0.05) is 20.8 Å². The smallest absolute Gasteiger partial charge is 0.0642 e. The second kappa shape index (κ2) is 3.21. The average molecular weight is 164 g/mol. The third-order valence-corrected chi connectivity index (χ3v) is 2.36. The minimum absolute atomic E-state index is 0.153. The average Bonchev–Trinajstić information content (AvgIpc) is 2.05. The third kappa shape index (κ3) is 1.81. The number of aromatic nitrogens is 2. The van der Waals surface area contributed by atoms with Gasteiger partial charge in [-0.05, 0) is 13.3 Å². The van der Waals surface area contributed by atoms with Crippen molar-refractivity contribution >= 4 is 0 Å². The zero-order chi connectivity index (χ0) is 9.19. The fourth-order valence-electron chi connectivity index (χ4n) is 0.923. The number of aryl methyl sites for hydroxylation is 1. The fourth-order valence-corrected chi connectivity index (χ4v) is 0.923. The number of hydrogen-bond acceptors (Lipinski definition) is 2. The summed E-state index contributed by atoms with van der Waals surface area (Å²) in [6.45, 7) is 8.50. The molecule has 2 heteroatoms. The van der Waals surface area contributed by atoms with Crippen molar-refractivity contribution in [1.29, 1.82) is 0 Å². The lowest BCUT2D eigenvalue weighted by Crippen LogP contribution is -2.17. The maximum atomic E-state index is 4.36. The second-order valence-electron chi connectivity index (χ2n) is 3.78. The van der Waals surface area contributed by atoms with E-state index in [9.17, 15) is 0 Å². The molecule has 12 heavy (non-hydrogen) atoms. The van der Waals surface area contributed by atoms with Crippen molar-refractivity contribution in [3.05, 3.63) is 23.8 Å². The Kier molecular flexibility index (Phi) is 2.46. The first-order valence-corrected chi connectivity index (χ1v) is 4.35. The summed E-state index contributed by atoms with van der Waals surface area (Å²) in [6.07, 6.45) is 4.79. The van der Waals surface area contributed by atoms with Crippen molar-refractivity contribution < 1.29 is 0 Å². The maximum Gasteiger partial charge on any atom is 0.0642 e. The van der Waals surface area contributed by atoms with Gasteiger partial charge >= 0.3 is 0 Å². The lowest BCUT2D eigenvalue weighted by Gasteiger charge is -2.21. The molecular formula is C10H16N2. The third-order valence-electron chi connectivity index (χ3n) is 2.36. The lowest BCUT2D eigenvalue weighted by molar-refractivity contribution is 0.487. The van der Waals surface area contributed by atoms with Crippen LogP contribution in [-0.4, -0.2) is 9.97 Å². The molecule has 2 nitrogen and oxygen atoms in total. The molecule has 66 valence electrons. The van der Waals surface area contributed by atoms with Crippen molar-refractivity contribution in [2.45, 2.75) is 39.5 Å². The van der Waals surface area contributed by atoms with Crippen molar-refractivity contribution in [2.24, 2.45) is 0 Å². The molecule has 0 fully saturated rings. The van der Waals surface area contributed by atoms with Crippen LogP contribution >= 0.6 is 0 Å². The van der Waals surface area contributed by atoms with E-state index >= 15 is 0 Å². The van der Waals surface area contributed by atoms with Gasteiger partial charge in [0.2, 0.25) is 0 Å². The van der Waals surface area contributed by atoms with Crippen LogP contribution in [0.1, 0.15) is 38.6 Å². The highest BCUT2D eigenvalue weighted by Gasteiger charge is 2.19. The second-order valence-corrected chi connectivity index (χ2v) is 3.78. The van der Waals surface area contributed by atoms with Gasteiger partial charge in [0.25, 0.3) is 0 Å². The molecule has 0 aliphatic rings. The van der Waals surface area contributed by atoms with Gasteiger partial charge < -0.3 is 0 Å². The van der Waals surface area contributed by atoms with Gasteiger partial charge in [0.05, 0.1) is 11.4 Å². The molecule has 1 rings (SSSR count). The zero-order valence-electron chi connectivity index (χ0n) is 8.26. The quantitative estimate of drug-likeness (QED) is 0.671. The van der Waals surface area contributed by atoms with E-state index in [1.165, 1.54) is 0 Å². The normalized spacial score (nSPS) is 11.7. The molecule has 0 bridgehead atoms. The summed E-state index contributed by atoms with van der Waals surface area (Å²) in [7, 11) is 0. The summed E-state index contributed by atoms with van der Waals surface area (Å²) in [6, 6.07) is 0. The Labute approximate surface area is 74.1 Å². The lowest BCUT2D eigenvalue weighted by atomic mass is 9.87. The van der Waals surface area contributed by atoms with Gasteiger partial charge in [-0.25, -0.2) is 0 Å². The van der Waals surface area contributed by atoms with Gasteiger partial charge in [-0.15, -0.1) is 0 Å². The molecule has 1 aromatic heterocycles. The van der Waals surface area contributed by atoms with Crippen molar-refractivity contribution in [2.75, 3.05) is 0 Å². The molecule has 0 saturated carbocycles. The van der Waals surface area contributed by atoms with E-state index < -0.39 is 0 Å². The molecule has 1 aromatic rings. The van der Waals surface area contributed by atoms with E-state index in [1.807, 2.05) is 19.3 Å². The summed E-state index contributed by atoms with van der Waals surface area (Å²) in [5.74, 6) is 0. The highest BCUT2D eigenvalue weighted by atomic mass is 14.8. The highest BCUT2D eigenvalue weighted by molar-refractivity contribution is 5.11. The molecule has 0 unspecified atom stereocenters. The summed E-state index contributed by atoms with van der Waals surface area (Å²) >= 11 is 0. The molecule has 0 N–H and O–H groups in total. The number of nitrogens with zero attached hydrogens (tertiary/aromatic N) is 2. The zero-order valence-corrected chi connectivity index (χ0v) is 8.26. The van der Waals surface area contributed by atoms with Crippen LogP contribution in [0.2, 0.25) is 0 Å². The van der Waals surface area contributed by atoms with E-state index in [4.69, 9.17) is 0 Å². The molecule has 0 aliphatic heterocycles. The molecule has 0 aliphatic carbocycles. The van der Waals surface area contributed by atoms with Crippen molar-refractivity contribution in [3.8, 4) is 0 Å². The van der Waals surface area contributed by atoms with Gasteiger partial charge in [0.1, 0.15) is 0 Å². The summed E-state index contributed by atoms with van der Waals surface area (Å²) in [4.78, 5) is 8.59. The predicted molar refractivity (Wildman–Crippen MR) is 50.1 cm³/mol. The van der Waals surface area contributed by atoms with Gasteiger partial charge in [0, 0.05) is 17.8 Å². The Morgan fingerprint density at radius 2 is 1.92 bits per heavy atom. The monoisotopic (exact) mass is 164 g/mol.